The zero-order valence-corrected chi connectivity index (χ0v) is 9.21. The van der Waals surface area contributed by atoms with Crippen LogP contribution < -0.4 is 10.6 Å². The Kier molecular flexibility index (Phi) is 2.77. The van der Waals surface area contributed by atoms with Crippen molar-refractivity contribution in [2.75, 3.05) is 13.1 Å². The maximum atomic E-state index is 11.9. The van der Waals surface area contributed by atoms with E-state index in [2.05, 4.69) is 10.6 Å². The van der Waals surface area contributed by atoms with Gasteiger partial charge in [-0.05, 0) is 32.0 Å². The fraction of sp³-hybridized carbons (Fsp3) is 0.545. The smallest absolute Gasteiger partial charge is 0.268 e. The van der Waals surface area contributed by atoms with Crippen molar-refractivity contribution in [2.24, 2.45) is 7.05 Å². The van der Waals surface area contributed by atoms with Crippen LogP contribution in [0.4, 0.5) is 0 Å². The van der Waals surface area contributed by atoms with Gasteiger partial charge in [0.25, 0.3) is 5.91 Å². The SMILES string of the molecule is Cc1ccc(C(=O)NC2CCNC2)n1C. The molecule has 0 spiro atoms. The molecule has 1 amide bonds. The first-order valence-electron chi connectivity index (χ1n) is 5.32. The summed E-state index contributed by atoms with van der Waals surface area (Å²) >= 11 is 0. The largest absolute Gasteiger partial charge is 0.347 e. The second-order valence-corrected chi connectivity index (χ2v) is 4.08. The van der Waals surface area contributed by atoms with Crippen LogP contribution in [0.3, 0.4) is 0 Å². The van der Waals surface area contributed by atoms with Crippen molar-refractivity contribution < 1.29 is 4.79 Å². The number of hydrogen-bond donors (Lipinski definition) is 2. The van der Waals surface area contributed by atoms with Crippen LogP contribution >= 0.6 is 0 Å². The number of carbonyl (C=O) groups excluding carboxylic acids is 1. The van der Waals surface area contributed by atoms with Gasteiger partial charge in [0.1, 0.15) is 5.69 Å². The second kappa shape index (κ2) is 4.06. The van der Waals surface area contributed by atoms with Crippen molar-refractivity contribution in [1.29, 1.82) is 0 Å². The lowest BCUT2D eigenvalue weighted by Crippen LogP contribution is -2.37. The third-order valence-corrected chi connectivity index (χ3v) is 3.00. The highest BCUT2D eigenvalue weighted by atomic mass is 16.2. The minimum Gasteiger partial charge on any atom is -0.347 e. The zero-order chi connectivity index (χ0) is 10.8. The summed E-state index contributed by atoms with van der Waals surface area (Å²) in [6.07, 6.45) is 1.02. The van der Waals surface area contributed by atoms with E-state index >= 15 is 0 Å². The molecule has 82 valence electrons. The molecule has 1 unspecified atom stereocenters. The summed E-state index contributed by atoms with van der Waals surface area (Å²) in [5.74, 6) is 0.0271. The van der Waals surface area contributed by atoms with E-state index in [0.29, 0.717) is 0 Å². The van der Waals surface area contributed by atoms with Gasteiger partial charge in [0.2, 0.25) is 0 Å². The van der Waals surface area contributed by atoms with E-state index in [9.17, 15) is 4.79 Å². The number of aryl methyl sites for hydroxylation is 1. The molecule has 1 aliphatic heterocycles. The minimum atomic E-state index is 0.0271. The Balaban J connectivity index is 2.04. The predicted octanol–water partition coefficient (Wildman–Crippen LogP) is 0.425. The van der Waals surface area contributed by atoms with E-state index in [4.69, 9.17) is 0 Å². The Hall–Kier alpha value is -1.29. The zero-order valence-electron chi connectivity index (χ0n) is 9.21. The first-order chi connectivity index (χ1) is 7.18. The predicted molar refractivity (Wildman–Crippen MR) is 58.9 cm³/mol. The van der Waals surface area contributed by atoms with Crippen LogP contribution in [0.25, 0.3) is 0 Å². The summed E-state index contributed by atoms with van der Waals surface area (Å²) in [6, 6.07) is 4.11. The van der Waals surface area contributed by atoms with Crippen molar-refractivity contribution in [3.63, 3.8) is 0 Å². The number of rotatable bonds is 2. The third kappa shape index (κ3) is 2.04. The lowest BCUT2D eigenvalue weighted by atomic mass is 10.2. The van der Waals surface area contributed by atoms with Gasteiger partial charge in [-0.15, -0.1) is 0 Å². The van der Waals surface area contributed by atoms with Crippen LogP contribution in [0.5, 0.6) is 0 Å². The summed E-state index contributed by atoms with van der Waals surface area (Å²) in [5.41, 5.74) is 1.84. The molecule has 0 bridgehead atoms. The van der Waals surface area contributed by atoms with Crippen molar-refractivity contribution in [1.82, 2.24) is 15.2 Å². The van der Waals surface area contributed by atoms with Gasteiger partial charge in [-0.25, -0.2) is 0 Å². The number of carbonyl (C=O) groups is 1. The van der Waals surface area contributed by atoms with Crippen LogP contribution in [0.15, 0.2) is 12.1 Å². The van der Waals surface area contributed by atoms with Crippen LogP contribution in [0.1, 0.15) is 22.6 Å². The molecule has 1 fully saturated rings. The van der Waals surface area contributed by atoms with Crippen LogP contribution in [0, 0.1) is 6.92 Å². The van der Waals surface area contributed by atoms with Gasteiger partial charge in [0.15, 0.2) is 0 Å². The number of amides is 1. The van der Waals surface area contributed by atoms with E-state index in [1.165, 1.54) is 0 Å². The van der Waals surface area contributed by atoms with Gasteiger partial charge in [0.05, 0.1) is 0 Å². The molecule has 1 aromatic rings. The molecule has 4 nitrogen and oxygen atoms in total. The van der Waals surface area contributed by atoms with Gasteiger partial charge in [0, 0.05) is 25.3 Å². The molecule has 0 saturated carbocycles. The topological polar surface area (TPSA) is 46.1 Å². The van der Waals surface area contributed by atoms with Gasteiger partial charge in [-0.2, -0.15) is 0 Å². The van der Waals surface area contributed by atoms with Crippen LogP contribution in [0.2, 0.25) is 0 Å². The van der Waals surface area contributed by atoms with Gasteiger partial charge in [-0.1, -0.05) is 0 Å². The molecule has 2 heterocycles. The first kappa shape index (κ1) is 10.2. The Bertz CT molecular complexity index is 364. The summed E-state index contributed by atoms with van der Waals surface area (Å²) in [5, 5.41) is 6.25. The maximum Gasteiger partial charge on any atom is 0.268 e. The highest BCUT2D eigenvalue weighted by molar-refractivity contribution is 5.93. The molecule has 0 aliphatic carbocycles. The average molecular weight is 207 g/mol. The number of nitrogens with zero attached hydrogens (tertiary/aromatic N) is 1. The maximum absolute atomic E-state index is 11.9. The fourth-order valence-electron chi connectivity index (χ4n) is 1.88. The van der Waals surface area contributed by atoms with E-state index in [1.807, 2.05) is 30.7 Å². The van der Waals surface area contributed by atoms with Gasteiger partial charge in [-0.3, -0.25) is 4.79 Å². The van der Waals surface area contributed by atoms with E-state index < -0.39 is 0 Å². The molecular formula is C11H17N3O. The fourth-order valence-corrected chi connectivity index (χ4v) is 1.88. The average Bonchev–Trinajstić information content (AvgIpc) is 2.79. The Labute approximate surface area is 89.7 Å². The molecule has 4 heteroatoms. The lowest BCUT2D eigenvalue weighted by molar-refractivity contribution is 0.0931. The Morgan fingerprint density at radius 3 is 2.93 bits per heavy atom. The number of aromatic nitrogens is 1. The molecule has 1 saturated heterocycles. The molecule has 1 aliphatic rings. The molecular weight excluding hydrogens is 190 g/mol. The van der Waals surface area contributed by atoms with Gasteiger partial charge >= 0.3 is 0 Å². The van der Waals surface area contributed by atoms with E-state index in [0.717, 1.165) is 30.9 Å². The van der Waals surface area contributed by atoms with Crippen molar-refractivity contribution >= 4 is 5.91 Å². The monoisotopic (exact) mass is 207 g/mol. The summed E-state index contributed by atoms with van der Waals surface area (Å²) in [4.78, 5) is 11.9. The van der Waals surface area contributed by atoms with Crippen molar-refractivity contribution in [3.05, 3.63) is 23.5 Å². The quantitative estimate of drug-likeness (QED) is 0.738. The highest BCUT2D eigenvalue weighted by Gasteiger charge is 2.18. The van der Waals surface area contributed by atoms with Crippen LogP contribution in [-0.4, -0.2) is 29.6 Å². The summed E-state index contributed by atoms with van der Waals surface area (Å²) in [7, 11) is 1.91. The molecule has 1 atom stereocenters. The highest BCUT2D eigenvalue weighted by Crippen LogP contribution is 2.07. The van der Waals surface area contributed by atoms with E-state index in [1.54, 1.807) is 0 Å². The van der Waals surface area contributed by atoms with E-state index in [-0.39, 0.29) is 11.9 Å². The normalized spacial score (nSPS) is 20.5. The number of hydrogen-bond acceptors (Lipinski definition) is 2. The molecule has 1 aromatic heterocycles. The minimum absolute atomic E-state index is 0.0271. The van der Waals surface area contributed by atoms with Crippen molar-refractivity contribution in [2.45, 2.75) is 19.4 Å². The van der Waals surface area contributed by atoms with Crippen molar-refractivity contribution in [3.8, 4) is 0 Å². The summed E-state index contributed by atoms with van der Waals surface area (Å²) in [6.45, 7) is 3.88. The molecule has 2 N–H and O–H groups in total. The first-order valence-corrected chi connectivity index (χ1v) is 5.32. The lowest BCUT2D eigenvalue weighted by Gasteiger charge is -2.12. The summed E-state index contributed by atoms with van der Waals surface area (Å²) < 4.78 is 1.91. The molecule has 0 radical (unpaired) electrons. The van der Waals surface area contributed by atoms with Crippen LogP contribution in [-0.2, 0) is 7.05 Å². The molecule has 2 rings (SSSR count). The standard InChI is InChI=1S/C11H17N3O/c1-8-3-4-10(14(8)2)11(15)13-9-5-6-12-7-9/h3-4,9,12H,5-7H2,1-2H3,(H,13,15). The number of nitrogens with one attached hydrogen (secondary N) is 2. The Morgan fingerprint density at radius 2 is 2.40 bits per heavy atom. The second-order valence-electron chi connectivity index (χ2n) is 4.08. The molecule has 0 aromatic carbocycles. The van der Waals surface area contributed by atoms with Gasteiger partial charge < -0.3 is 15.2 Å². The molecule has 15 heavy (non-hydrogen) atoms. The third-order valence-electron chi connectivity index (χ3n) is 3.00. The Morgan fingerprint density at radius 1 is 1.60 bits per heavy atom.